The number of benzene rings is 1. The summed E-state index contributed by atoms with van der Waals surface area (Å²) >= 11 is 5.95. The normalized spacial score (nSPS) is 12.9. The van der Waals surface area contributed by atoms with E-state index < -0.39 is 6.10 Å². The minimum Gasteiger partial charge on any atom is -0.481 e. The molecule has 21 heavy (non-hydrogen) atoms. The van der Waals surface area contributed by atoms with Crippen molar-refractivity contribution in [3.05, 3.63) is 28.8 Å². The molecule has 1 amide bonds. The first kappa shape index (κ1) is 17.8. The van der Waals surface area contributed by atoms with Crippen molar-refractivity contribution < 1.29 is 14.6 Å². The Balaban J connectivity index is 2.53. The summed E-state index contributed by atoms with van der Waals surface area (Å²) in [5.74, 6) is 0.447. The van der Waals surface area contributed by atoms with Crippen molar-refractivity contribution in [1.82, 2.24) is 5.32 Å². The number of aliphatic hydroxyl groups is 1. The molecule has 0 fully saturated rings. The maximum atomic E-state index is 12.0. The Bertz CT molecular complexity index is 488. The number of amides is 1. The van der Waals surface area contributed by atoms with E-state index in [4.69, 9.17) is 21.4 Å². The van der Waals surface area contributed by atoms with Gasteiger partial charge in [0.25, 0.3) is 5.91 Å². The maximum Gasteiger partial charge on any atom is 0.260 e. The lowest BCUT2D eigenvalue weighted by Gasteiger charge is -2.25. The van der Waals surface area contributed by atoms with Crippen molar-refractivity contribution in [2.24, 2.45) is 5.41 Å². The van der Waals surface area contributed by atoms with E-state index in [-0.39, 0.29) is 17.9 Å². The van der Waals surface area contributed by atoms with E-state index in [0.717, 1.165) is 5.56 Å². The first-order chi connectivity index (χ1) is 9.75. The third kappa shape index (κ3) is 5.94. The van der Waals surface area contributed by atoms with Crippen LogP contribution in [0, 0.1) is 12.3 Å². The second kappa shape index (κ2) is 7.66. The van der Waals surface area contributed by atoms with Crippen LogP contribution in [-0.2, 0) is 4.79 Å². The van der Waals surface area contributed by atoms with Gasteiger partial charge in [-0.25, -0.2) is 0 Å². The van der Waals surface area contributed by atoms with Gasteiger partial charge >= 0.3 is 0 Å². The predicted molar refractivity (Wildman–Crippen MR) is 84.8 cm³/mol. The van der Waals surface area contributed by atoms with Crippen LogP contribution in [0.25, 0.3) is 0 Å². The van der Waals surface area contributed by atoms with E-state index in [9.17, 15) is 4.79 Å². The van der Waals surface area contributed by atoms with Crippen LogP contribution in [0.2, 0.25) is 5.02 Å². The Kier molecular flexibility index (Phi) is 6.49. The standard InChI is InChI=1S/C16H24ClNO3/c1-11-9-13(5-6-14(11)17)21-12(2)15(20)18-10-16(3,4)7-8-19/h5-6,9,12,19H,7-8,10H2,1-4H3,(H,18,20). The molecular formula is C16H24ClNO3. The van der Waals surface area contributed by atoms with E-state index in [2.05, 4.69) is 5.32 Å². The Morgan fingerprint density at radius 3 is 2.71 bits per heavy atom. The lowest BCUT2D eigenvalue weighted by atomic mass is 9.90. The van der Waals surface area contributed by atoms with Gasteiger partial charge in [-0.1, -0.05) is 25.4 Å². The third-order valence-corrected chi connectivity index (χ3v) is 3.77. The average Bonchev–Trinajstić information content (AvgIpc) is 2.40. The molecule has 1 unspecified atom stereocenters. The molecule has 0 aliphatic heterocycles. The van der Waals surface area contributed by atoms with E-state index >= 15 is 0 Å². The highest BCUT2D eigenvalue weighted by atomic mass is 35.5. The molecule has 0 saturated heterocycles. The van der Waals surface area contributed by atoms with E-state index in [1.54, 1.807) is 19.1 Å². The molecule has 0 heterocycles. The van der Waals surface area contributed by atoms with Gasteiger partial charge in [-0.15, -0.1) is 0 Å². The van der Waals surface area contributed by atoms with Crippen LogP contribution in [-0.4, -0.2) is 30.3 Å². The van der Waals surface area contributed by atoms with Gasteiger partial charge < -0.3 is 15.2 Å². The predicted octanol–water partition coefficient (Wildman–Crippen LogP) is 2.94. The fraction of sp³-hybridized carbons (Fsp3) is 0.562. The zero-order chi connectivity index (χ0) is 16.0. The van der Waals surface area contributed by atoms with Crippen molar-refractivity contribution >= 4 is 17.5 Å². The molecule has 118 valence electrons. The number of carbonyl (C=O) groups is 1. The molecule has 0 spiro atoms. The summed E-state index contributed by atoms with van der Waals surface area (Å²) in [5.41, 5.74) is 0.770. The SMILES string of the molecule is Cc1cc(OC(C)C(=O)NCC(C)(C)CCO)ccc1Cl. The number of ether oxygens (including phenoxy) is 1. The quantitative estimate of drug-likeness (QED) is 0.813. The van der Waals surface area contributed by atoms with Gasteiger partial charge in [-0.3, -0.25) is 4.79 Å². The molecule has 0 radical (unpaired) electrons. The highest BCUT2D eigenvalue weighted by molar-refractivity contribution is 6.31. The van der Waals surface area contributed by atoms with Crippen LogP contribution in [0.5, 0.6) is 5.75 Å². The summed E-state index contributed by atoms with van der Waals surface area (Å²) in [7, 11) is 0. The lowest BCUT2D eigenvalue weighted by Crippen LogP contribution is -2.41. The van der Waals surface area contributed by atoms with Gasteiger partial charge in [-0.05, 0) is 49.4 Å². The van der Waals surface area contributed by atoms with Gasteiger partial charge in [0.2, 0.25) is 0 Å². The van der Waals surface area contributed by atoms with Crippen LogP contribution in [0.15, 0.2) is 18.2 Å². The van der Waals surface area contributed by atoms with Crippen LogP contribution >= 0.6 is 11.6 Å². The number of nitrogens with one attached hydrogen (secondary N) is 1. The van der Waals surface area contributed by atoms with E-state index in [1.807, 2.05) is 26.8 Å². The monoisotopic (exact) mass is 313 g/mol. The number of rotatable bonds is 7. The second-order valence-corrected chi connectivity index (χ2v) is 6.43. The first-order valence-electron chi connectivity index (χ1n) is 7.06. The smallest absolute Gasteiger partial charge is 0.260 e. The Hall–Kier alpha value is -1.26. The summed E-state index contributed by atoms with van der Waals surface area (Å²) in [5, 5.41) is 12.5. The Labute approximate surface area is 131 Å². The molecule has 0 bridgehead atoms. The fourth-order valence-electron chi connectivity index (χ4n) is 1.81. The van der Waals surface area contributed by atoms with Crippen LogP contribution in [0.4, 0.5) is 0 Å². The van der Waals surface area contributed by atoms with E-state index in [1.165, 1.54) is 0 Å². The minimum atomic E-state index is -0.587. The number of halogens is 1. The van der Waals surface area contributed by atoms with Crippen molar-refractivity contribution in [2.45, 2.75) is 40.2 Å². The number of carbonyl (C=O) groups excluding carboxylic acids is 1. The maximum absolute atomic E-state index is 12.0. The molecule has 2 N–H and O–H groups in total. The van der Waals surface area contributed by atoms with Crippen molar-refractivity contribution in [2.75, 3.05) is 13.2 Å². The Morgan fingerprint density at radius 2 is 2.14 bits per heavy atom. The molecule has 1 atom stereocenters. The van der Waals surface area contributed by atoms with Gasteiger partial charge in [0.1, 0.15) is 5.75 Å². The molecule has 1 aromatic carbocycles. The molecule has 0 aliphatic rings. The van der Waals surface area contributed by atoms with Crippen LogP contribution in [0.1, 0.15) is 32.8 Å². The summed E-state index contributed by atoms with van der Waals surface area (Å²) in [4.78, 5) is 12.0. The molecule has 1 aromatic rings. The number of hydrogen-bond acceptors (Lipinski definition) is 3. The molecule has 1 rings (SSSR count). The fourth-order valence-corrected chi connectivity index (χ4v) is 1.93. The van der Waals surface area contributed by atoms with Crippen molar-refractivity contribution in [3.8, 4) is 5.75 Å². The van der Waals surface area contributed by atoms with Gasteiger partial charge in [-0.2, -0.15) is 0 Å². The molecule has 0 aromatic heterocycles. The summed E-state index contributed by atoms with van der Waals surface area (Å²) < 4.78 is 5.62. The molecule has 0 saturated carbocycles. The van der Waals surface area contributed by atoms with Crippen molar-refractivity contribution in [1.29, 1.82) is 0 Å². The highest BCUT2D eigenvalue weighted by Crippen LogP contribution is 2.22. The lowest BCUT2D eigenvalue weighted by molar-refractivity contribution is -0.127. The molecule has 5 heteroatoms. The van der Waals surface area contributed by atoms with Crippen LogP contribution < -0.4 is 10.1 Å². The highest BCUT2D eigenvalue weighted by Gasteiger charge is 2.21. The second-order valence-electron chi connectivity index (χ2n) is 6.03. The summed E-state index contributed by atoms with van der Waals surface area (Å²) in [6, 6.07) is 5.30. The zero-order valence-corrected chi connectivity index (χ0v) is 13.8. The van der Waals surface area contributed by atoms with Gasteiger partial charge in [0.05, 0.1) is 0 Å². The van der Waals surface area contributed by atoms with Crippen LogP contribution in [0.3, 0.4) is 0 Å². The molecular weight excluding hydrogens is 290 g/mol. The number of hydrogen-bond donors (Lipinski definition) is 2. The van der Waals surface area contributed by atoms with Gasteiger partial charge in [0.15, 0.2) is 6.10 Å². The molecule has 0 aliphatic carbocycles. The zero-order valence-electron chi connectivity index (χ0n) is 13.1. The summed E-state index contributed by atoms with van der Waals surface area (Å²) in [6.07, 6.45) is 0.0503. The topological polar surface area (TPSA) is 58.6 Å². The first-order valence-corrected chi connectivity index (χ1v) is 7.44. The largest absolute Gasteiger partial charge is 0.481 e. The van der Waals surface area contributed by atoms with Crippen molar-refractivity contribution in [3.63, 3.8) is 0 Å². The number of aliphatic hydroxyl groups excluding tert-OH is 1. The van der Waals surface area contributed by atoms with E-state index in [0.29, 0.717) is 23.7 Å². The summed E-state index contributed by atoms with van der Waals surface area (Å²) in [6.45, 7) is 8.20. The average molecular weight is 314 g/mol. The van der Waals surface area contributed by atoms with Gasteiger partial charge in [0, 0.05) is 18.2 Å². The number of aryl methyl sites for hydroxylation is 1. The Morgan fingerprint density at radius 1 is 1.48 bits per heavy atom. The minimum absolute atomic E-state index is 0.110. The molecule has 4 nitrogen and oxygen atoms in total. The third-order valence-electron chi connectivity index (χ3n) is 3.34.